The summed E-state index contributed by atoms with van der Waals surface area (Å²) in [6, 6.07) is 17.1. The lowest BCUT2D eigenvalue weighted by Gasteiger charge is -2.15. The largest absolute Gasteiger partial charge is 0.494 e. The Labute approximate surface area is 210 Å². The van der Waals surface area contributed by atoms with E-state index in [2.05, 4.69) is 37.4 Å². The number of nitriles is 1. The van der Waals surface area contributed by atoms with Crippen molar-refractivity contribution in [3.05, 3.63) is 97.5 Å². The molecule has 0 radical (unpaired) electrons. The highest BCUT2D eigenvalue weighted by Gasteiger charge is 2.15. The maximum atomic E-state index is 12.8. The van der Waals surface area contributed by atoms with Crippen LogP contribution < -0.4 is 10.1 Å². The molecule has 0 aliphatic rings. The van der Waals surface area contributed by atoms with E-state index in [-0.39, 0.29) is 5.57 Å². The Morgan fingerprint density at radius 1 is 1.06 bits per heavy atom. The van der Waals surface area contributed by atoms with Gasteiger partial charge in [0, 0.05) is 27.7 Å². The van der Waals surface area contributed by atoms with Crippen LogP contribution in [0.3, 0.4) is 0 Å². The van der Waals surface area contributed by atoms with Gasteiger partial charge in [-0.15, -0.1) is 0 Å². The van der Waals surface area contributed by atoms with E-state index in [1.54, 1.807) is 31.2 Å². The van der Waals surface area contributed by atoms with Crippen LogP contribution in [0.5, 0.6) is 5.75 Å². The molecule has 0 aromatic heterocycles. The van der Waals surface area contributed by atoms with E-state index in [4.69, 9.17) is 27.9 Å². The van der Waals surface area contributed by atoms with Crippen LogP contribution in [0.1, 0.15) is 40.3 Å². The molecule has 34 heavy (non-hydrogen) atoms. The van der Waals surface area contributed by atoms with Crippen LogP contribution >= 0.6 is 23.2 Å². The highest BCUT2D eigenvalue weighted by atomic mass is 35.5. The van der Waals surface area contributed by atoms with Crippen molar-refractivity contribution in [3.8, 4) is 11.8 Å². The minimum absolute atomic E-state index is 0.0556. The summed E-state index contributed by atoms with van der Waals surface area (Å²) in [5.74, 6) is 0.102. The van der Waals surface area contributed by atoms with E-state index in [0.29, 0.717) is 40.1 Å². The summed E-state index contributed by atoms with van der Waals surface area (Å²) in [5.41, 5.74) is 6.20. The molecule has 0 bridgehead atoms. The molecular formula is C28H26Cl2N2O2. The zero-order valence-electron chi connectivity index (χ0n) is 19.6. The van der Waals surface area contributed by atoms with E-state index < -0.39 is 5.91 Å². The third-order valence-corrected chi connectivity index (χ3v) is 6.08. The number of anilines is 1. The highest BCUT2D eigenvalue weighted by molar-refractivity contribution is 6.32. The summed E-state index contributed by atoms with van der Waals surface area (Å²) in [6.45, 7) is 8.29. The molecule has 4 nitrogen and oxygen atoms in total. The zero-order chi connectivity index (χ0) is 24.8. The van der Waals surface area contributed by atoms with E-state index in [1.807, 2.05) is 19.1 Å². The van der Waals surface area contributed by atoms with E-state index in [0.717, 1.165) is 16.7 Å². The summed E-state index contributed by atoms with van der Waals surface area (Å²) in [6.07, 6.45) is 2.12. The van der Waals surface area contributed by atoms with Crippen LogP contribution in [0.2, 0.25) is 10.0 Å². The van der Waals surface area contributed by atoms with Gasteiger partial charge in [0.15, 0.2) is 0 Å². The second-order valence-electron chi connectivity index (χ2n) is 8.12. The summed E-state index contributed by atoms with van der Waals surface area (Å²) in [4.78, 5) is 12.8. The van der Waals surface area contributed by atoms with Crippen molar-refractivity contribution in [2.45, 2.75) is 34.1 Å². The Morgan fingerprint density at radius 3 is 2.41 bits per heavy atom. The van der Waals surface area contributed by atoms with Crippen molar-refractivity contribution in [1.29, 1.82) is 5.26 Å². The molecule has 174 valence electrons. The first-order valence-electron chi connectivity index (χ1n) is 10.9. The Hall–Kier alpha value is -3.26. The number of halogens is 2. The van der Waals surface area contributed by atoms with Gasteiger partial charge in [-0.2, -0.15) is 5.26 Å². The van der Waals surface area contributed by atoms with E-state index >= 15 is 0 Å². The monoisotopic (exact) mass is 492 g/mol. The zero-order valence-corrected chi connectivity index (χ0v) is 21.1. The smallest absolute Gasteiger partial charge is 0.266 e. The number of hydrogen-bond donors (Lipinski definition) is 1. The molecule has 1 N–H and O–H groups in total. The van der Waals surface area contributed by atoms with Gasteiger partial charge in [-0.3, -0.25) is 4.79 Å². The van der Waals surface area contributed by atoms with Gasteiger partial charge in [-0.05, 0) is 74.7 Å². The minimum atomic E-state index is -0.527. The Kier molecular flexibility index (Phi) is 8.39. The molecule has 0 saturated heterocycles. The molecule has 0 atom stereocenters. The first-order chi connectivity index (χ1) is 16.2. The molecule has 1 amide bonds. The van der Waals surface area contributed by atoms with Crippen molar-refractivity contribution in [2.24, 2.45) is 0 Å². The molecule has 0 spiro atoms. The van der Waals surface area contributed by atoms with Gasteiger partial charge in [0.1, 0.15) is 17.4 Å². The maximum Gasteiger partial charge on any atom is 0.266 e. The number of nitrogens with zero attached hydrogens (tertiary/aromatic N) is 1. The van der Waals surface area contributed by atoms with Crippen LogP contribution in [0, 0.1) is 32.1 Å². The molecule has 0 aliphatic carbocycles. The second kappa shape index (κ2) is 11.2. The minimum Gasteiger partial charge on any atom is -0.494 e. The molecule has 3 aromatic carbocycles. The SMILES string of the molecule is CCOc1cc(/C=C(\C#N)C(=O)Nc2cccc(Cl)c2C)cc(Cl)c1Cc1cc(C)cc(C)c1. The Morgan fingerprint density at radius 2 is 1.76 bits per heavy atom. The van der Waals surface area contributed by atoms with Crippen LogP contribution in [0.4, 0.5) is 5.69 Å². The molecule has 3 rings (SSSR count). The number of aryl methyl sites for hydroxylation is 2. The third kappa shape index (κ3) is 6.20. The number of hydrogen-bond acceptors (Lipinski definition) is 3. The lowest BCUT2D eigenvalue weighted by molar-refractivity contribution is -0.112. The first-order valence-corrected chi connectivity index (χ1v) is 11.7. The van der Waals surface area contributed by atoms with Crippen LogP contribution in [0.15, 0.2) is 54.1 Å². The van der Waals surface area contributed by atoms with Crippen molar-refractivity contribution < 1.29 is 9.53 Å². The first kappa shape index (κ1) is 25.4. The van der Waals surface area contributed by atoms with Gasteiger partial charge < -0.3 is 10.1 Å². The number of carbonyl (C=O) groups excluding carboxylic acids is 1. The number of nitrogens with one attached hydrogen (secondary N) is 1. The fourth-order valence-electron chi connectivity index (χ4n) is 3.79. The quantitative estimate of drug-likeness (QED) is 0.275. The lowest BCUT2D eigenvalue weighted by atomic mass is 9.98. The molecule has 0 unspecified atom stereocenters. The topological polar surface area (TPSA) is 62.1 Å². The molecular weight excluding hydrogens is 467 g/mol. The van der Waals surface area contributed by atoms with E-state index in [9.17, 15) is 10.1 Å². The van der Waals surface area contributed by atoms with Crippen LogP contribution in [0.25, 0.3) is 6.08 Å². The highest BCUT2D eigenvalue weighted by Crippen LogP contribution is 2.32. The third-order valence-electron chi connectivity index (χ3n) is 5.33. The average molecular weight is 493 g/mol. The van der Waals surface area contributed by atoms with Gasteiger partial charge in [0.05, 0.1) is 6.61 Å². The van der Waals surface area contributed by atoms with Crippen molar-refractivity contribution in [2.75, 3.05) is 11.9 Å². The molecule has 0 fully saturated rings. The average Bonchev–Trinajstić information content (AvgIpc) is 2.77. The van der Waals surface area contributed by atoms with Gasteiger partial charge in [0.2, 0.25) is 0 Å². The standard InChI is InChI=1S/C28H26Cl2N2O2/c1-5-34-27-15-21(14-25(30)23(27)13-20-10-17(2)9-18(3)11-20)12-22(16-31)28(33)32-26-8-6-7-24(29)19(26)4/h6-12,14-15H,5,13H2,1-4H3,(H,32,33)/b22-12+. The molecule has 0 aliphatic heterocycles. The number of ether oxygens (including phenoxy) is 1. The summed E-state index contributed by atoms with van der Waals surface area (Å²) in [5, 5.41) is 13.4. The van der Waals surface area contributed by atoms with Crippen LogP contribution in [-0.4, -0.2) is 12.5 Å². The molecule has 0 saturated carbocycles. The fourth-order valence-corrected chi connectivity index (χ4v) is 4.25. The van der Waals surface area contributed by atoms with Crippen molar-refractivity contribution in [1.82, 2.24) is 0 Å². The van der Waals surface area contributed by atoms with Crippen molar-refractivity contribution in [3.63, 3.8) is 0 Å². The number of rotatable bonds is 7. The fraction of sp³-hybridized carbons (Fsp3) is 0.214. The maximum absolute atomic E-state index is 12.8. The van der Waals surface area contributed by atoms with Crippen molar-refractivity contribution >= 4 is 40.9 Å². The summed E-state index contributed by atoms with van der Waals surface area (Å²) in [7, 11) is 0. The predicted octanol–water partition coefficient (Wildman–Crippen LogP) is 7.45. The second-order valence-corrected chi connectivity index (χ2v) is 8.94. The Balaban J connectivity index is 1.94. The summed E-state index contributed by atoms with van der Waals surface area (Å²) >= 11 is 12.8. The normalized spacial score (nSPS) is 11.1. The number of amides is 1. The predicted molar refractivity (Wildman–Crippen MR) is 140 cm³/mol. The van der Waals surface area contributed by atoms with E-state index in [1.165, 1.54) is 17.2 Å². The number of benzene rings is 3. The molecule has 6 heteroatoms. The Bertz CT molecular complexity index is 1290. The van der Waals surface area contributed by atoms with Gasteiger partial charge in [-0.1, -0.05) is 58.6 Å². The van der Waals surface area contributed by atoms with Gasteiger partial charge in [-0.25, -0.2) is 0 Å². The number of carbonyl (C=O) groups is 1. The lowest BCUT2D eigenvalue weighted by Crippen LogP contribution is -2.14. The van der Waals surface area contributed by atoms with Gasteiger partial charge >= 0.3 is 0 Å². The van der Waals surface area contributed by atoms with Crippen LogP contribution in [-0.2, 0) is 11.2 Å². The van der Waals surface area contributed by atoms with Gasteiger partial charge in [0.25, 0.3) is 5.91 Å². The molecule has 3 aromatic rings. The molecule has 0 heterocycles. The summed E-state index contributed by atoms with van der Waals surface area (Å²) < 4.78 is 5.88.